The van der Waals surface area contributed by atoms with Gasteiger partial charge in [-0.25, -0.2) is 0 Å². The highest BCUT2D eigenvalue weighted by atomic mass is 16.7. The van der Waals surface area contributed by atoms with Crippen LogP contribution in [0.25, 0.3) is 6.08 Å². The number of hydrogen-bond donors (Lipinski definition) is 0. The van der Waals surface area contributed by atoms with Crippen molar-refractivity contribution in [1.29, 1.82) is 0 Å². The third kappa shape index (κ3) is 3.35. The molecule has 0 saturated heterocycles. The van der Waals surface area contributed by atoms with Crippen LogP contribution in [0.15, 0.2) is 48.6 Å². The Balaban J connectivity index is 1.93. The van der Waals surface area contributed by atoms with Crippen molar-refractivity contribution >= 4 is 6.08 Å². The molecule has 0 unspecified atom stereocenters. The van der Waals surface area contributed by atoms with Crippen LogP contribution in [0.4, 0.5) is 0 Å². The molecule has 1 aromatic carbocycles. The number of ether oxygens (including phenoxy) is 2. The first-order chi connectivity index (χ1) is 7.45. The normalized spacial score (nSPS) is 18.1. The van der Waals surface area contributed by atoms with Crippen LogP contribution in [0.3, 0.4) is 0 Å². The van der Waals surface area contributed by atoms with Crippen LogP contribution >= 0.6 is 0 Å². The van der Waals surface area contributed by atoms with E-state index in [1.54, 1.807) is 0 Å². The SMILES string of the molecule is C1=CCOC(/C=C/c2ccccc2)OC1. The van der Waals surface area contributed by atoms with E-state index in [0.29, 0.717) is 13.2 Å². The van der Waals surface area contributed by atoms with Crippen LogP contribution < -0.4 is 0 Å². The van der Waals surface area contributed by atoms with Crippen LogP contribution in [-0.4, -0.2) is 19.5 Å². The van der Waals surface area contributed by atoms with Gasteiger partial charge in [-0.3, -0.25) is 0 Å². The lowest BCUT2D eigenvalue weighted by molar-refractivity contribution is -0.0873. The fraction of sp³-hybridized carbons (Fsp3) is 0.231. The Morgan fingerprint density at radius 3 is 2.33 bits per heavy atom. The Kier molecular flexibility index (Phi) is 3.71. The molecule has 0 spiro atoms. The highest BCUT2D eigenvalue weighted by molar-refractivity contribution is 5.48. The maximum Gasteiger partial charge on any atom is 0.177 e. The Bertz CT molecular complexity index is 331. The van der Waals surface area contributed by atoms with Crippen molar-refractivity contribution < 1.29 is 9.47 Å². The summed E-state index contributed by atoms with van der Waals surface area (Å²) in [5.41, 5.74) is 1.15. The molecule has 0 N–H and O–H groups in total. The van der Waals surface area contributed by atoms with Crippen LogP contribution in [0.1, 0.15) is 5.56 Å². The standard InChI is InChI=1S/C13H14O2/c1-2-6-12(7-3-1)8-9-13-14-10-4-5-11-15-13/h1-9,13H,10-11H2/b9-8+. The smallest absolute Gasteiger partial charge is 0.177 e. The molecule has 0 saturated carbocycles. The number of rotatable bonds is 2. The van der Waals surface area contributed by atoms with Gasteiger partial charge < -0.3 is 9.47 Å². The molecule has 0 aromatic heterocycles. The van der Waals surface area contributed by atoms with Gasteiger partial charge in [0, 0.05) is 0 Å². The topological polar surface area (TPSA) is 18.5 Å². The molecule has 0 amide bonds. The molecule has 1 aliphatic heterocycles. The average Bonchev–Trinajstić information content (AvgIpc) is 2.56. The van der Waals surface area contributed by atoms with Crippen LogP contribution in [0, 0.1) is 0 Å². The van der Waals surface area contributed by atoms with Gasteiger partial charge in [0.1, 0.15) is 0 Å². The van der Waals surface area contributed by atoms with Gasteiger partial charge in [0.05, 0.1) is 13.2 Å². The summed E-state index contributed by atoms with van der Waals surface area (Å²) in [6, 6.07) is 10.1. The lowest BCUT2D eigenvalue weighted by Gasteiger charge is -2.10. The molecule has 2 nitrogen and oxygen atoms in total. The van der Waals surface area contributed by atoms with Crippen molar-refractivity contribution in [3.63, 3.8) is 0 Å². The first-order valence-electron chi connectivity index (χ1n) is 5.06. The first-order valence-corrected chi connectivity index (χ1v) is 5.06. The molecule has 2 rings (SSSR count). The Morgan fingerprint density at radius 2 is 1.67 bits per heavy atom. The molecule has 78 valence electrons. The Hall–Kier alpha value is -1.38. The summed E-state index contributed by atoms with van der Waals surface area (Å²) in [5.74, 6) is 0. The predicted octanol–water partition coefficient (Wildman–Crippen LogP) is 2.63. The van der Waals surface area contributed by atoms with Gasteiger partial charge in [-0.05, 0) is 11.6 Å². The molecule has 1 aromatic rings. The van der Waals surface area contributed by atoms with E-state index in [2.05, 4.69) is 0 Å². The summed E-state index contributed by atoms with van der Waals surface area (Å²) < 4.78 is 10.9. The van der Waals surface area contributed by atoms with E-state index in [1.165, 1.54) is 0 Å². The van der Waals surface area contributed by atoms with Gasteiger partial charge in [0.25, 0.3) is 0 Å². The zero-order valence-corrected chi connectivity index (χ0v) is 8.50. The molecule has 0 atom stereocenters. The molecule has 0 radical (unpaired) electrons. The van der Waals surface area contributed by atoms with Crippen molar-refractivity contribution in [2.24, 2.45) is 0 Å². The van der Waals surface area contributed by atoms with Gasteiger partial charge in [-0.1, -0.05) is 48.6 Å². The second-order valence-electron chi connectivity index (χ2n) is 3.28. The number of benzene rings is 1. The van der Waals surface area contributed by atoms with E-state index >= 15 is 0 Å². The third-order valence-corrected chi connectivity index (χ3v) is 2.13. The Labute approximate surface area is 89.8 Å². The van der Waals surface area contributed by atoms with E-state index in [0.717, 1.165) is 5.56 Å². The monoisotopic (exact) mass is 202 g/mol. The van der Waals surface area contributed by atoms with Crippen molar-refractivity contribution in [3.8, 4) is 0 Å². The number of hydrogen-bond acceptors (Lipinski definition) is 2. The van der Waals surface area contributed by atoms with Crippen LogP contribution in [-0.2, 0) is 9.47 Å². The van der Waals surface area contributed by atoms with Gasteiger partial charge in [0.15, 0.2) is 6.29 Å². The summed E-state index contributed by atoms with van der Waals surface area (Å²) in [4.78, 5) is 0. The van der Waals surface area contributed by atoms with Crippen molar-refractivity contribution in [2.75, 3.05) is 13.2 Å². The second kappa shape index (κ2) is 5.49. The summed E-state index contributed by atoms with van der Waals surface area (Å²) in [7, 11) is 0. The molecule has 0 fully saturated rings. The van der Waals surface area contributed by atoms with E-state index < -0.39 is 0 Å². The Morgan fingerprint density at radius 1 is 1.00 bits per heavy atom. The summed E-state index contributed by atoms with van der Waals surface area (Å²) >= 11 is 0. The summed E-state index contributed by atoms with van der Waals surface area (Å²) in [6.07, 6.45) is 7.64. The van der Waals surface area contributed by atoms with Gasteiger partial charge in [-0.15, -0.1) is 0 Å². The molecular weight excluding hydrogens is 188 g/mol. The largest absolute Gasteiger partial charge is 0.345 e. The van der Waals surface area contributed by atoms with Gasteiger partial charge >= 0.3 is 0 Å². The molecule has 1 heterocycles. The zero-order valence-electron chi connectivity index (χ0n) is 8.50. The van der Waals surface area contributed by atoms with E-state index in [-0.39, 0.29) is 6.29 Å². The average molecular weight is 202 g/mol. The molecule has 1 aliphatic rings. The summed E-state index contributed by atoms with van der Waals surface area (Å²) in [6.45, 7) is 1.23. The van der Waals surface area contributed by atoms with E-state index in [4.69, 9.17) is 9.47 Å². The second-order valence-corrected chi connectivity index (χ2v) is 3.28. The van der Waals surface area contributed by atoms with Crippen molar-refractivity contribution in [2.45, 2.75) is 6.29 Å². The lowest BCUT2D eigenvalue weighted by atomic mass is 10.2. The van der Waals surface area contributed by atoms with Crippen LogP contribution in [0.5, 0.6) is 0 Å². The third-order valence-electron chi connectivity index (χ3n) is 2.13. The first kappa shape index (κ1) is 10.1. The van der Waals surface area contributed by atoms with Gasteiger partial charge in [-0.2, -0.15) is 0 Å². The van der Waals surface area contributed by atoms with E-state index in [9.17, 15) is 0 Å². The molecule has 0 bridgehead atoms. The fourth-order valence-electron chi connectivity index (χ4n) is 1.35. The summed E-state index contributed by atoms with van der Waals surface area (Å²) in [5, 5.41) is 0. The minimum absolute atomic E-state index is 0.236. The molecular formula is C13H14O2. The zero-order chi connectivity index (χ0) is 10.3. The highest BCUT2D eigenvalue weighted by Gasteiger charge is 2.04. The molecule has 2 heteroatoms. The highest BCUT2D eigenvalue weighted by Crippen LogP contribution is 2.06. The van der Waals surface area contributed by atoms with Gasteiger partial charge in [0.2, 0.25) is 0 Å². The fourth-order valence-corrected chi connectivity index (χ4v) is 1.35. The molecule has 0 aliphatic carbocycles. The molecule has 15 heavy (non-hydrogen) atoms. The quantitative estimate of drug-likeness (QED) is 0.686. The van der Waals surface area contributed by atoms with Crippen molar-refractivity contribution in [1.82, 2.24) is 0 Å². The predicted molar refractivity (Wildman–Crippen MR) is 60.3 cm³/mol. The maximum atomic E-state index is 5.43. The minimum atomic E-state index is -0.236. The minimum Gasteiger partial charge on any atom is -0.345 e. The maximum absolute atomic E-state index is 5.43. The van der Waals surface area contributed by atoms with Crippen LogP contribution in [0.2, 0.25) is 0 Å². The van der Waals surface area contributed by atoms with E-state index in [1.807, 2.05) is 54.6 Å². The lowest BCUT2D eigenvalue weighted by Crippen LogP contribution is -2.12. The van der Waals surface area contributed by atoms with Crippen molar-refractivity contribution in [3.05, 3.63) is 54.1 Å².